The number of aliphatic hydroxyl groups excluding tert-OH is 4. The first-order valence-electron chi connectivity index (χ1n) is 31.3. The summed E-state index contributed by atoms with van der Waals surface area (Å²) in [4.78, 5) is 94.5. The lowest BCUT2D eigenvalue weighted by atomic mass is 9.86. The van der Waals surface area contributed by atoms with E-state index in [0.717, 1.165) is 18.4 Å². The number of hydrogen-bond acceptors (Lipinski definition) is 22. The van der Waals surface area contributed by atoms with Crippen molar-refractivity contribution in [2.45, 2.75) is 216 Å². The number of ketones is 4. The molecule has 5 N–H and O–H groups in total. The van der Waals surface area contributed by atoms with Gasteiger partial charge in [0, 0.05) is 128 Å². The number of piperazine rings is 1. The molecule has 10 atom stereocenters. The van der Waals surface area contributed by atoms with E-state index >= 15 is 0 Å². The third kappa shape index (κ3) is 20.8. The molecule has 6 heterocycles. The van der Waals surface area contributed by atoms with E-state index in [1.54, 1.807) is 18.7 Å². The van der Waals surface area contributed by atoms with Crippen molar-refractivity contribution in [2.24, 2.45) is 11.8 Å². The van der Waals surface area contributed by atoms with E-state index in [9.17, 15) is 49.2 Å². The summed E-state index contributed by atoms with van der Waals surface area (Å²) < 4.78 is 39.9. The number of nitrogens with zero attached hydrogens (tertiary/aromatic N) is 5. The number of unbranched alkanes of at least 4 members (excludes halogenated alkanes) is 6. The molecule has 474 valence electrons. The Morgan fingerprint density at radius 2 is 1.07 bits per heavy atom. The quantitative estimate of drug-likeness (QED) is 0.0428. The highest BCUT2D eigenvalue weighted by Gasteiger charge is 2.59. The van der Waals surface area contributed by atoms with Gasteiger partial charge in [-0.2, -0.15) is 15.0 Å². The number of carbonyl (C=O) groups excluding carboxylic acids is 6. The van der Waals surface area contributed by atoms with Crippen molar-refractivity contribution in [3.8, 4) is 0 Å². The maximum Gasteiger partial charge on any atom is 0.306 e. The number of amides is 1. The molecule has 0 aliphatic carbocycles. The third-order valence-electron chi connectivity index (χ3n) is 17.0. The highest BCUT2D eigenvalue weighted by atomic mass is 16.8. The van der Waals surface area contributed by atoms with Gasteiger partial charge < -0.3 is 68.7 Å². The van der Waals surface area contributed by atoms with Crippen LogP contribution in [-0.2, 0) is 75.0 Å². The summed E-state index contributed by atoms with van der Waals surface area (Å²) in [6.07, 6.45) is 6.72. The standard InChI is InChI=1S/C62H94N6O17/c1-43-53(75)55(77)61(41-82-57(43)84-61)39-79-36-14-12-24-46(69)20-8-4-10-22-48(71)26-16-27-50-64-59(66-60(65-50)68-34-32-67(33-35-68)51(73)28-17-29-52(74)81-38-45-18-6-3-7-19-45)63-31-30-49(72)23-11-5-9-21-47(70)25-13-15-37-80-40-62-42-83-58(85-62)44(2)54(76)56(62)78/h3,6-7,18-19,43-44,53-58,75-78H,4-5,8-17,20-42H2,1-2H3,(H,63,64,65,66)/t43-,44-,53-,54-,55-,56-,57+,58+,61+,62+/m1/s1. The van der Waals surface area contributed by atoms with Crippen LogP contribution in [0.2, 0.25) is 0 Å². The molecule has 7 rings (SSSR count). The summed E-state index contributed by atoms with van der Waals surface area (Å²) in [5.74, 6) is 0.780. The average molecular weight is 1200 g/mol. The van der Waals surface area contributed by atoms with Gasteiger partial charge in [-0.05, 0) is 69.8 Å². The second-order valence-corrected chi connectivity index (χ2v) is 23.9. The summed E-state index contributed by atoms with van der Waals surface area (Å²) in [6, 6.07) is 9.43. The number of hydrogen-bond donors (Lipinski definition) is 5. The molecule has 0 unspecified atom stereocenters. The maximum absolute atomic E-state index is 13.2. The summed E-state index contributed by atoms with van der Waals surface area (Å²) in [7, 11) is 0. The Bertz CT molecular complexity index is 2320. The van der Waals surface area contributed by atoms with Crippen LogP contribution in [-0.4, -0.2) is 196 Å². The fraction of sp³-hybridized carbons (Fsp3) is 0.758. The fourth-order valence-electron chi connectivity index (χ4n) is 11.4. The molecule has 0 spiro atoms. The number of esters is 1. The SMILES string of the molecule is C[C@H]1[C@H]2OC[C@](COCCCCC(=O)CCCCCC(=O)CCCc3nc(NCCC(=O)CCCCCC(=O)CCCCOC[C@@]45CO[C@@H](O4)[C@H](C)[C@@H](O)[C@H]5O)nc(N4CCN(C(=O)CCCC(=O)OCc5ccccc5)CC4)n3)(O2)[C@H](O)[C@@H]1O. The van der Waals surface area contributed by atoms with E-state index in [2.05, 4.69) is 10.3 Å². The van der Waals surface area contributed by atoms with Gasteiger partial charge in [0.2, 0.25) is 17.8 Å². The minimum atomic E-state index is -1.10. The fourth-order valence-corrected chi connectivity index (χ4v) is 11.4. The summed E-state index contributed by atoms with van der Waals surface area (Å²) in [6.45, 7) is 7.19. The van der Waals surface area contributed by atoms with Crippen LogP contribution in [0.4, 0.5) is 11.9 Å². The Labute approximate surface area is 499 Å². The van der Waals surface area contributed by atoms with Crippen molar-refractivity contribution in [3.05, 3.63) is 41.7 Å². The van der Waals surface area contributed by atoms with Crippen LogP contribution in [0.15, 0.2) is 30.3 Å². The highest BCUT2D eigenvalue weighted by Crippen LogP contribution is 2.41. The number of benzene rings is 1. The van der Waals surface area contributed by atoms with Crippen LogP contribution in [0.3, 0.4) is 0 Å². The van der Waals surface area contributed by atoms with Gasteiger partial charge in [0.25, 0.3) is 0 Å². The van der Waals surface area contributed by atoms with Gasteiger partial charge in [-0.25, -0.2) is 0 Å². The topological polar surface area (TPSA) is 305 Å². The molecule has 5 fully saturated rings. The summed E-state index contributed by atoms with van der Waals surface area (Å²) in [5.41, 5.74) is -1.25. The number of anilines is 2. The largest absolute Gasteiger partial charge is 0.461 e. The second kappa shape index (κ2) is 34.6. The van der Waals surface area contributed by atoms with Crippen LogP contribution in [0.1, 0.15) is 166 Å². The zero-order valence-electron chi connectivity index (χ0n) is 50.1. The van der Waals surface area contributed by atoms with Gasteiger partial charge in [-0.3, -0.25) is 28.8 Å². The minimum Gasteiger partial charge on any atom is -0.461 e. The van der Waals surface area contributed by atoms with Crippen LogP contribution in [0, 0.1) is 11.8 Å². The molecule has 1 amide bonds. The Balaban J connectivity index is 0.762. The van der Waals surface area contributed by atoms with E-state index in [4.69, 9.17) is 43.1 Å². The van der Waals surface area contributed by atoms with Crippen LogP contribution in [0.5, 0.6) is 0 Å². The smallest absolute Gasteiger partial charge is 0.306 e. The van der Waals surface area contributed by atoms with Gasteiger partial charge in [0.05, 0.1) is 38.6 Å². The zero-order valence-corrected chi connectivity index (χ0v) is 50.1. The lowest BCUT2D eigenvalue weighted by Gasteiger charge is -2.41. The number of ether oxygens (including phenoxy) is 7. The molecule has 1 aromatic carbocycles. The number of nitrogens with one attached hydrogen (secondary N) is 1. The van der Waals surface area contributed by atoms with Gasteiger partial charge in [0.1, 0.15) is 59.0 Å². The molecule has 23 nitrogen and oxygen atoms in total. The number of aliphatic hydroxyl groups is 4. The van der Waals surface area contributed by atoms with Crippen LogP contribution in [0.25, 0.3) is 0 Å². The first-order valence-corrected chi connectivity index (χ1v) is 31.3. The average Bonchev–Trinajstić information content (AvgIpc) is 1.83. The molecule has 2 aromatic rings. The highest BCUT2D eigenvalue weighted by molar-refractivity contribution is 5.80. The Morgan fingerprint density at radius 1 is 0.576 bits per heavy atom. The second-order valence-electron chi connectivity index (χ2n) is 23.9. The van der Waals surface area contributed by atoms with Crippen LogP contribution >= 0.6 is 0 Å². The molecule has 0 saturated carbocycles. The monoisotopic (exact) mass is 1190 g/mol. The van der Waals surface area contributed by atoms with Crippen molar-refractivity contribution in [2.75, 3.05) is 82.6 Å². The maximum atomic E-state index is 13.2. The van der Waals surface area contributed by atoms with Crippen LogP contribution < -0.4 is 10.2 Å². The number of aryl methyl sites for hydroxylation is 1. The van der Waals surface area contributed by atoms with Crippen molar-refractivity contribution >= 4 is 46.9 Å². The molecule has 85 heavy (non-hydrogen) atoms. The Kier molecular flexibility index (Phi) is 27.5. The predicted octanol–water partition coefficient (Wildman–Crippen LogP) is 5.08. The predicted molar refractivity (Wildman–Crippen MR) is 310 cm³/mol. The van der Waals surface area contributed by atoms with Gasteiger partial charge in [-0.15, -0.1) is 0 Å². The third-order valence-corrected chi connectivity index (χ3v) is 17.0. The molecule has 23 heteroatoms. The number of aromatic nitrogens is 3. The lowest BCUT2D eigenvalue weighted by molar-refractivity contribution is -0.248. The molecule has 5 saturated heterocycles. The first kappa shape index (κ1) is 67.6. The number of rotatable bonds is 41. The molecule has 5 aliphatic rings. The number of fused-ring (bicyclic) bond motifs is 4. The van der Waals surface area contributed by atoms with Crippen molar-refractivity contribution < 1.29 is 82.4 Å². The van der Waals surface area contributed by atoms with Gasteiger partial charge >= 0.3 is 5.97 Å². The van der Waals surface area contributed by atoms with Crippen molar-refractivity contribution in [1.82, 2.24) is 19.9 Å². The number of carbonyl (C=O) groups is 6. The molecule has 5 aliphatic heterocycles. The molecule has 0 radical (unpaired) electrons. The Hall–Kier alpha value is -4.95. The van der Waals surface area contributed by atoms with Crippen molar-refractivity contribution in [1.29, 1.82) is 0 Å². The zero-order chi connectivity index (χ0) is 60.6. The van der Waals surface area contributed by atoms with E-state index in [-0.39, 0.29) is 99.1 Å². The summed E-state index contributed by atoms with van der Waals surface area (Å²) >= 11 is 0. The minimum absolute atomic E-state index is 0.0381. The van der Waals surface area contributed by atoms with E-state index in [1.165, 1.54) is 0 Å². The van der Waals surface area contributed by atoms with Gasteiger partial charge in [-0.1, -0.05) is 57.0 Å². The first-order chi connectivity index (χ1) is 41.0. The molecular weight excluding hydrogens is 1100 g/mol. The molecule has 1 aromatic heterocycles. The Morgan fingerprint density at radius 3 is 1.60 bits per heavy atom. The molecular formula is C62H94N6O17. The molecule has 4 bridgehead atoms. The lowest BCUT2D eigenvalue weighted by Crippen LogP contribution is -2.60. The van der Waals surface area contributed by atoms with Gasteiger partial charge in [0.15, 0.2) is 12.6 Å². The van der Waals surface area contributed by atoms with E-state index < -0.39 is 48.2 Å². The van der Waals surface area contributed by atoms with E-state index in [0.29, 0.717) is 179 Å². The number of Topliss-reactive ketones (excluding diaryl/α,β-unsaturated/α-hetero) is 4. The summed E-state index contributed by atoms with van der Waals surface area (Å²) in [5, 5.41) is 45.1. The normalized spacial score (nSPS) is 26.1. The van der Waals surface area contributed by atoms with E-state index in [1.807, 2.05) is 35.2 Å². The van der Waals surface area contributed by atoms with Crippen molar-refractivity contribution in [3.63, 3.8) is 0 Å².